The molecule has 1 amide bonds. The molecular weight excluding hydrogens is 216 g/mol. The zero-order valence-corrected chi connectivity index (χ0v) is 10.1. The molecule has 0 saturated heterocycles. The zero-order chi connectivity index (χ0) is 12.3. The second-order valence-electron chi connectivity index (χ2n) is 4.34. The molecule has 1 aliphatic carbocycles. The Morgan fingerprint density at radius 3 is 2.59 bits per heavy atom. The molecule has 92 valence electrons. The molecule has 2 rings (SSSR count). The van der Waals surface area contributed by atoms with Gasteiger partial charge in [0.2, 0.25) is 0 Å². The largest absolute Gasteiger partial charge is 0.399 e. The van der Waals surface area contributed by atoms with Gasteiger partial charge in [0.25, 0.3) is 5.91 Å². The van der Waals surface area contributed by atoms with Gasteiger partial charge in [0, 0.05) is 30.9 Å². The molecule has 0 aromatic heterocycles. The number of benzene rings is 1. The van der Waals surface area contributed by atoms with Gasteiger partial charge in [0.05, 0.1) is 6.61 Å². The van der Waals surface area contributed by atoms with Gasteiger partial charge in [-0.3, -0.25) is 4.79 Å². The summed E-state index contributed by atoms with van der Waals surface area (Å²) >= 11 is 0. The highest BCUT2D eigenvalue weighted by molar-refractivity contribution is 5.94. The SMILES string of the molecule is COCCN(C(=O)c1ccc(N)cc1)C1CC1. The van der Waals surface area contributed by atoms with Crippen LogP contribution in [0.5, 0.6) is 0 Å². The van der Waals surface area contributed by atoms with E-state index in [1.165, 1.54) is 0 Å². The summed E-state index contributed by atoms with van der Waals surface area (Å²) in [5.41, 5.74) is 6.98. The van der Waals surface area contributed by atoms with E-state index in [0.717, 1.165) is 12.8 Å². The van der Waals surface area contributed by atoms with Crippen LogP contribution in [0.1, 0.15) is 23.2 Å². The van der Waals surface area contributed by atoms with Gasteiger partial charge in [-0.05, 0) is 37.1 Å². The smallest absolute Gasteiger partial charge is 0.254 e. The standard InChI is InChI=1S/C13H18N2O2/c1-17-9-8-15(12-6-7-12)13(16)10-2-4-11(14)5-3-10/h2-5,12H,6-9,14H2,1H3. The average Bonchev–Trinajstić information content (AvgIpc) is 3.14. The summed E-state index contributed by atoms with van der Waals surface area (Å²) in [5.74, 6) is 0.0737. The fourth-order valence-electron chi connectivity index (χ4n) is 1.82. The highest BCUT2D eigenvalue weighted by atomic mass is 16.5. The van der Waals surface area contributed by atoms with Crippen LogP contribution in [-0.2, 0) is 4.74 Å². The Bertz CT molecular complexity index is 385. The van der Waals surface area contributed by atoms with Gasteiger partial charge < -0.3 is 15.4 Å². The van der Waals surface area contributed by atoms with Crippen molar-refractivity contribution in [3.63, 3.8) is 0 Å². The number of hydrogen-bond acceptors (Lipinski definition) is 3. The highest BCUT2D eigenvalue weighted by Crippen LogP contribution is 2.28. The first-order valence-corrected chi connectivity index (χ1v) is 5.88. The lowest BCUT2D eigenvalue weighted by atomic mass is 10.2. The summed E-state index contributed by atoms with van der Waals surface area (Å²) in [5, 5.41) is 0. The van der Waals surface area contributed by atoms with Crippen LogP contribution in [0.15, 0.2) is 24.3 Å². The summed E-state index contributed by atoms with van der Waals surface area (Å²) in [6, 6.07) is 7.47. The van der Waals surface area contributed by atoms with Crippen LogP contribution in [0.2, 0.25) is 0 Å². The number of hydrogen-bond donors (Lipinski definition) is 1. The Labute approximate surface area is 101 Å². The lowest BCUT2D eigenvalue weighted by molar-refractivity contribution is 0.0680. The summed E-state index contributed by atoms with van der Waals surface area (Å²) in [4.78, 5) is 14.2. The summed E-state index contributed by atoms with van der Waals surface area (Å²) in [7, 11) is 1.65. The first-order chi connectivity index (χ1) is 8.22. The third-order valence-electron chi connectivity index (χ3n) is 2.94. The quantitative estimate of drug-likeness (QED) is 0.786. The molecule has 1 aromatic rings. The number of ether oxygens (including phenoxy) is 1. The Balaban J connectivity index is 2.07. The van der Waals surface area contributed by atoms with Crippen molar-refractivity contribution in [3.8, 4) is 0 Å². The number of nitrogens with two attached hydrogens (primary N) is 1. The number of nitrogen functional groups attached to an aromatic ring is 1. The van der Waals surface area contributed by atoms with Gasteiger partial charge in [-0.2, -0.15) is 0 Å². The van der Waals surface area contributed by atoms with E-state index in [-0.39, 0.29) is 5.91 Å². The molecule has 17 heavy (non-hydrogen) atoms. The van der Waals surface area contributed by atoms with Crippen LogP contribution < -0.4 is 5.73 Å². The van der Waals surface area contributed by atoms with E-state index >= 15 is 0 Å². The minimum atomic E-state index is 0.0737. The molecule has 1 saturated carbocycles. The molecule has 0 atom stereocenters. The Hall–Kier alpha value is -1.55. The maximum absolute atomic E-state index is 12.3. The van der Waals surface area contributed by atoms with Crippen LogP contribution in [0, 0.1) is 0 Å². The minimum absolute atomic E-state index is 0.0737. The van der Waals surface area contributed by atoms with Crippen molar-refractivity contribution >= 4 is 11.6 Å². The van der Waals surface area contributed by atoms with Crippen LogP contribution in [0.25, 0.3) is 0 Å². The van der Waals surface area contributed by atoms with Gasteiger partial charge >= 0.3 is 0 Å². The molecule has 1 fully saturated rings. The second-order valence-corrected chi connectivity index (χ2v) is 4.34. The molecule has 0 heterocycles. The molecule has 0 spiro atoms. The maximum atomic E-state index is 12.3. The molecule has 4 nitrogen and oxygen atoms in total. The van der Waals surface area contributed by atoms with Crippen molar-refractivity contribution in [2.75, 3.05) is 26.0 Å². The van der Waals surface area contributed by atoms with Crippen LogP contribution >= 0.6 is 0 Å². The molecule has 0 unspecified atom stereocenters. The van der Waals surface area contributed by atoms with Crippen LogP contribution in [-0.4, -0.2) is 37.1 Å². The molecule has 4 heteroatoms. The third-order valence-corrected chi connectivity index (χ3v) is 2.94. The van der Waals surface area contributed by atoms with E-state index in [9.17, 15) is 4.79 Å². The van der Waals surface area contributed by atoms with E-state index in [2.05, 4.69) is 0 Å². The predicted molar refractivity (Wildman–Crippen MR) is 66.8 cm³/mol. The fraction of sp³-hybridized carbons (Fsp3) is 0.462. The average molecular weight is 234 g/mol. The van der Waals surface area contributed by atoms with E-state index in [1.807, 2.05) is 4.90 Å². The van der Waals surface area contributed by atoms with Crippen molar-refractivity contribution in [3.05, 3.63) is 29.8 Å². The lowest BCUT2D eigenvalue weighted by Gasteiger charge is -2.22. The number of anilines is 1. The van der Waals surface area contributed by atoms with Crippen molar-refractivity contribution in [1.29, 1.82) is 0 Å². The van der Waals surface area contributed by atoms with Crippen molar-refractivity contribution in [2.24, 2.45) is 0 Å². The Morgan fingerprint density at radius 2 is 2.06 bits per heavy atom. The monoisotopic (exact) mass is 234 g/mol. The van der Waals surface area contributed by atoms with Gasteiger partial charge in [-0.1, -0.05) is 0 Å². The maximum Gasteiger partial charge on any atom is 0.254 e. The molecule has 1 aliphatic rings. The van der Waals surface area contributed by atoms with Crippen molar-refractivity contribution in [2.45, 2.75) is 18.9 Å². The third kappa shape index (κ3) is 2.97. The van der Waals surface area contributed by atoms with E-state index in [4.69, 9.17) is 10.5 Å². The number of rotatable bonds is 5. The van der Waals surface area contributed by atoms with E-state index < -0.39 is 0 Å². The molecule has 1 aromatic carbocycles. The summed E-state index contributed by atoms with van der Waals surface area (Å²) < 4.78 is 5.04. The first-order valence-electron chi connectivity index (χ1n) is 5.88. The topological polar surface area (TPSA) is 55.6 Å². The summed E-state index contributed by atoms with van der Waals surface area (Å²) in [6.45, 7) is 1.24. The molecule has 0 aliphatic heterocycles. The van der Waals surface area contributed by atoms with E-state index in [0.29, 0.717) is 30.4 Å². The fourth-order valence-corrected chi connectivity index (χ4v) is 1.82. The number of carbonyl (C=O) groups is 1. The molecule has 0 radical (unpaired) electrons. The second kappa shape index (κ2) is 5.19. The molecule has 2 N–H and O–H groups in total. The van der Waals surface area contributed by atoms with Gasteiger partial charge in [-0.25, -0.2) is 0 Å². The number of carbonyl (C=O) groups excluding carboxylic acids is 1. The highest BCUT2D eigenvalue weighted by Gasteiger charge is 2.32. The Kier molecular flexibility index (Phi) is 3.64. The van der Waals surface area contributed by atoms with Crippen LogP contribution in [0.3, 0.4) is 0 Å². The molecule has 0 bridgehead atoms. The molecular formula is C13H18N2O2. The number of methoxy groups -OCH3 is 1. The lowest BCUT2D eigenvalue weighted by Crippen LogP contribution is -2.35. The van der Waals surface area contributed by atoms with Crippen molar-refractivity contribution in [1.82, 2.24) is 4.90 Å². The van der Waals surface area contributed by atoms with Crippen molar-refractivity contribution < 1.29 is 9.53 Å². The van der Waals surface area contributed by atoms with Gasteiger partial charge in [0.15, 0.2) is 0 Å². The van der Waals surface area contributed by atoms with Gasteiger partial charge in [-0.15, -0.1) is 0 Å². The first kappa shape index (κ1) is 11.9. The summed E-state index contributed by atoms with van der Waals surface area (Å²) in [6.07, 6.45) is 2.20. The zero-order valence-electron chi connectivity index (χ0n) is 10.1. The number of nitrogens with zero attached hydrogens (tertiary/aromatic N) is 1. The predicted octanol–water partition coefficient (Wildman–Crippen LogP) is 1.52. The normalized spacial score (nSPS) is 14.6. The van der Waals surface area contributed by atoms with E-state index in [1.54, 1.807) is 31.4 Å². The Morgan fingerprint density at radius 1 is 1.41 bits per heavy atom. The van der Waals surface area contributed by atoms with Crippen LogP contribution in [0.4, 0.5) is 5.69 Å². The minimum Gasteiger partial charge on any atom is -0.399 e. The number of amides is 1. The van der Waals surface area contributed by atoms with Gasteiger partial charge in [0.1, 0.15) is 0 Å².